The predicted octanol–water partition coefficient (Wildman–Crippen LogP) is 2.62. The Morgan fingerprint density at radius 2 is 2.05 bits per heavy atom. The number of nitrogens with one attached hydrogen (secondary N) is 1. The van der Waals surface area contributed by atoms with Crippen LogP contribution in [0.25, 0.3) is 0 Å². The summed E-state index contributed by atoms with van der Waals surface area (Å²) < 4.78 is 5.60. The average molecular weight is 265 g/mol. The Kier molecular flexibility index (Phi) is 4.99. The standard InChI is InChI=1S/C15H27N3O/c1-11(2)18-7-5-13(6-8-18)9-15-17-14(10-19-15)12(3)16-4/h10-13,16H,5-9H2,1-4H3. The normalized spacial score (nSPS) is 20.1. The van der Waals surface area contributed by atoms with E-state index in [1.54, 1.807) is 6.26 Å². The molecule has 1 N–H and O–H groups in total. The van der Waals surface area contributed by atoms with Crippen LogP contribution in [0.3, 0.4) is 0 Å². The largest absolute Gasteiger partial charge is 0.449 e. The summed E-state index contributed by atoms with van der Waals surface area (Å²) >= 11 is 0. The zero-order valence-corrected chi connectivity index (χ0v) is 12.6. The molecule has 0 bridgehead atoms. The third-order valence-corrected chi connectivity index (χ3v) is 4.29. The second-order valence-corrected chi connectivity index (χ2v) is 5.95. The minimum Gasteiger partial charge on any atom is -0.449 e. The van der Waals surface area contributed by atoms with Crippen LogP contribution >= 0.6 is 0 Å². The van der Waals surface area contributed by atoms with E-state index in [1.165, 1.54) is 25.9 Å². The molecule has 1 aromatic heterocycles. The van der Waals surface area contributed by atoms with E-state index < -0.39 is 0 Å². The molecule has 0 aromatic carbocycles. The van der Waals surface area contributed by atoms with Gasteiger partial charge in [-0.3, -0.25) is 0 Å². The molecule has 0 saturated carbocycles. The molecule has 0 spiro atoms. The van der Waals surface area contributed by atoms with Gasteiger partial charge in [-0.15, -0.1) is 0 Å². The van der Waals surface area contributed by atoms with Gasteiger partial charge in [0.1, 0.15) is 6.26 Å². The van der Waals surface area contributed by atoms with E-state index in [-0.39, 0.29) is 6.04 Å². The van der Waals surface area contributed by atoms with Gasteiger partial charge in [0, 0.05) is 18.5 Å². The van der Waals surface area contributed by atoms with Crippen LogP contribution < -0.4 is 5.32 Å². The zero-order valence-electron chi connectivity index (χ0n) is 12.6. The number of likely N-dealkylation sites (tertiary alicyclic amines) is 1. The highest BCUT2D eigenvalue weighted by Gasteiger charge is 2.22. The van der Waals surface area contributed by atoms with Crippen LogP contribution in [0.5, 0.6) is 0 Å². The predicted molar refractivity (Wildman–Crippen MR) is 77.1 cm³/mol. The maximum atomic E-state index is 5.60. The van der Waals surface area contributed by atoms with E-state index in [0.29, 0.717) is 6.04 Å². The molecule has 0 aliphatic carbocycles. The minimum atomic E-state index is 0.264. The van der Waals surface area contributed by atoms with Gasteiger partial charge in [-0.1, -0.05) is 0 Å². The first-order valence-corrected chi connectivity index (χ1v) is 7.45. The summed E-state index contributed by atoms with van der Waals surface area (Å²) in [6.07, 6.45) is 5.30. The smallest absolute Gasteiger partial charge is 0.194 e. The van der Waals surface area contributed by atoms with Crippen molar-refractivity contribution < 1.29 is 4.42 Å². The monoisotopic (exact) mass is 265 g/mol. The van der Waals surface area contributed by atoms with Crippen molar-refractivity contribution in [2.24, 2.45) is 5.92 Å². The highest BCUT2D eigenvalue weighted by atomic mass is 16.3. The summed E-state index contributed by atoms with van der Waals surface area (Å²) in [4.78, 5) is 7.14. The number of rotatable bonds is 5. The first-order valence-electron chi connectivity index (χ1n) is 7.45. The second-order valence-electron chi connectivity index (χ2n) is 5.95. The fourth-order valence-electron chi connectivity index (χ4n) is 2.69. The van der Waals surface area contributed by atoms with Crippen molar-refractivity contribution in [2.75, 3.05) is 20.1 Å². The van der Waals surface area contributed by atoms with Crippen LogP contribution in [0.2, 0.25) is 0 Å². The second kappa shape index (κ2) is 6.53. The van der Waals surface area contributed by atoms with Crippen molar-refractivity contribution in [1.29, 1.82) is 0 Å². The third-order valence-electron chi connectivity index (χ3n) is 4.29. The molecule has 0 amide bonds. The fraction of sp³-hybridized carbons (Fsp3) is 0.800. The summed E-state index contributed by atoms with van der Waals surface area (Å²) in [6, 6.07) is 0.936. The van der Waals surface area contributed by atoms with Crippen LogP contribution in [-0.2, 0) is 6.42 Å². The van der Waals surface area contributed by atoms with Gasteiger partial charge >= 0.3 is 0 Å². The van der Waals surface area contributed by atoms with Crippen molar-refractivity contribution in [3.63, 3.8) is 0 Å². The molecule has 4 nitrogen and oxygen atoms in total. The first-order chi connectivity index (χ1) is 9.10. The number of oxazole rings is 1. The molecule has 1 aliphatic rings. The average Bonchev–Trinajstić information content (AvgIpc) is 2.87. The van der Waals surface area contributed by atoms with Crippen LogP contribution in [0, 0.1) is 5.92 Å². The van der Waals surface area contributed by atoms with E-state index in [1.807, 2.05) is 7.05 Å². The van der Waals surface area contributed by atoms with Gasteiger partial charge in [0.2, 0.25) is 0 Å². The van der Waals surface area contributed by atoms with Crippen molar-refractivity contribution in [3.8, 4) is 0 Å². The lowest BCUT2D eigenvalue weighted by molar-refractivity contribution is 0.146. The zero-order chi connectivity index (χ0) is 13.8. The van der Waals surface area contributed by atoms with Crippen molar-refractivity contribution >= 4 is 0 Å². The van der Waals surface area contributed by atoms with E-state index in [9.17, 15) is 0 Å². The summed E-state index contributed by atoms with van der Waals surface area (Å²) in [6.45, 7) is 9.08. The van der Waals surface area contributed by atoms with Crippen LogP contribution in [0.15, 0.2) is 10.7 Å². The van der Waals surface area contributed by atoms with Gasteiger partial charge in [-0.2, -0.15) is 0 Å². The Bertz CT molecular complexity index is 380. The summed E-state index contributed by atoms with van der Waals surface area (Å²) in [5.74, 6) is 1.63. The minimum absolute atomic E-state index is 0.264. The number of hydrogen-bond donors (Lipinski definition) is 1. The van der Waals surface area contributed by atoms with E-state index >= 15 is 0 Å². The van der Waals surface area contributed by atoms with Crippen LogP contribution in [0.4, 0.5) is 0 Å². The summed E-state index contributed by atoms with van der Waals surface area (Å²) in [5, 5.41) is 3.19. The molecule has 108 valence electrons. The topological polar surface area (TPSA) is 41.3 Å². The molecule has 2 rings (SSSR count). The Morgan fingerprint density at radius 1 is 1.37 bits per heavy atom. The molecule has 1 aromatic rings. The van der Waals surface area contributed by atoms with Crippen molar-refractivity contribution in [1.82, 2.24) is 15.2 Å². The Balaban J connectivity index is 1.84. The van der Waals surface area contributed by atoms with E-state index in [4.69, 9.17) is 4.42 Å². The summed E-state index contributed by atoms with van der Waals surface area (Å²) in [7, 11) is 1.95. The molecule has 1 aliphatic heterocycles. The van der Waals surface area contributed by atoms with Crippen molar-refractivity contribution in [2.45, 2.75) is 52.1 Å². The van der Waals surface area contributed by atoms with Gasteiger partial charge in [-0.05, 0) is 59.7 Å². The van der Waals surface area contributed by atoms with Crippen molar-refractivity contribution in [3.05, 3.63) is 17.8 Å². The molecule has 19 heavy (non-hydrogen) atoms. The molecule has 1 saturated heterocycles. The first kappa shape index (κ1) is 14.5. The van der Waals surface area contributed by atoms with E-state index in [2.05, 4.69) is 36.0 Å². The highest BCUT2D eigenvalue weighted by molar-refractivity contribution is 5.02. The number of nitrogens with zero attached hydrogens (tertiary/aromatic N) is 2. The lowest BCUT2D eigenvalue weighted by atomic mass is 9.93. The molecule has 1 unspecified atom stereocenters. The third kappa shape index (κ3) is 3.80. The van der Waals surface area contributed by atoms with Crippen LogP contribution in [0.1, 0.15) is 51.2 Å². The Morgan fingerprint density at radius 3 is 2.63 bits per heavy atom. The lowest BCUT2D eigenvalue weighted by Gasteiger charge is -2.34. The molecule has 2 heterocycles. The molecular formula is C15H27N3O. The number of aromatic nitrogens is 1. The maximum absolute atomic E-state index is 5.60. The molecule has 1 fully saturated rings. The molecule has 1 atom stereocenters. The molecular weight excluding hydrogens is 238 g/mol. The number of piperidine rings is 1. The highest BCUT2D eigenvalue weighted by Crippen LogP contribution is 2.23. The van der Waals surface area contributed by atoms with Gasteiger partial charge in [0.05, 0.1) is 5.69 Å². The fourth-order valence-corrected chi connectivity index (χ4v) is 2.69. The maximum Gasteiger partial charge on any atom is 0.194 e. The summed E-state index contributed by atoms with van der Waals surface area (Å²) in [5.41, 5.74) is 1.01. The van der Waals surface area contributed by atoms with Gasteiger partial charge in [-0.25, -0.2) is 4.98 Å². The van der Waals surface area contributed by atoms with Gasteiger partial charge in [0.15, 0.2) is 5.89 Å². The lowest BCUT2D eigenvalue weighted by Crippen LogP contribution is -2.38. The van der Waals surface area contributed by atoms with Gasteiger partial charge < -0.3 is 14.6 Å². The Hall–Kier alpha value is -0.870. The molecule has 0 radical (unpaired) electrons. The molecule has 4 heteroatoms. The Labute approximate surface area is 116 Å². The van der Waals surface area contributed by atoms with Gasteiger partial charge in [0.25, 0.3) is 0 Å². The quantitative estimate of drug-likeness (QED) is 0.888. The van der Waals surface area contributed by atoms with E-state index in [0.717, 1.165) is 23.9 Å². The van der Waals surface area contributed by atoms with Crippen LogP contribution in [-0.4, -0.2) is 36.1 Å². The SMILES string of the molecule is CNC(C)c1coc(CC2CCN(C(C)C)CC2)n1. The number of hydrogen-bond acceptors (Lipinski definition) is 4.